The van der Waals surface area contributed by atoms with Gasteiger partial charge in [-0.1, -0.05) is 48.5 Å². The monoisotopic (exact) mass is 538 g/mol. The second-order valence-electron chi connectivity index (χ2n) is 8.52. The Bertz CT molecular complexity index is 1720. The zero-order valence-electron chi connectivity index (χ0n) is 21.5. The van der Waals surface area contributed by atoms with Crippen LogP contribution in [0.1, 0.15) is 29.8 Å². The highest BCUT2D eigenvalue weighted by Crippen LogP contribution is 2.38. The summed E-state index contributed by atoms with van der Waals surface area (Å²) in [4.78, 5) is 31.7. The largest absolute Gasteiger partial charge is 0.494 e. The van der Waals surface area contributed by atoms with Crippen LogP contribution in [0.5, 0.6) is 11.6 Å². The van der Waals surface area contributed by atoms with Gasteiger partial charge in [-0.2, -0.15) is 0 Å². The summed E-state index contributed by atoms with van der Waals surface area (Å²) >= 11 is 1.34. The highest BCUT2D eigenvalue weighted by atomic mass is 32.1. The molecule has 1 N–H and O–H groups in total. The summed E-state index contributed by atoms with van der Waals surface area (Å²) < 4.78 is 12.0. The Morgan fingerprint density at radius 2 is 1.64 bits per heavy atom. The number of ether oxygens (including phenoxy) is 2. The number of aromatic nitrogens is 1. The average Bonchev–Trinajstić information content (AvgIpc) is 3.39. The molecule has 2 heterocycles. The van der Waals surface area contributed by atoms with Crippen LogP contribution in [0.4, 0.5) is 5.00 Å². The van der Waals surface area contributed by atoms with Crippen LogP contribution in [0.15, 0.2) is 94.7 Å². The summed E-state index contributed by atoms with van der Waals surface area (Å²) in [6, 6.07) is 25.4. The van der Waals surface area contributed by atoms with Gasteiger partial charge >= 0.3 is 5.97 Å². The van der Waals surface area contributed by atoms with Gasteiger partial charge < -0.3 is 14.6 Å². The zero-order chi connectivity index (χ0) is 27.4. The summed E-state index contributed by atoms with van der Waals surface area (Å²) in [5.41, 5.74) is 1.76. The van der Waals surface area contributed by atoms with E-state index in [4.69, 9.17) is 9.47 Å². The number of aliphatic imine (C=N–C) groups is 1. The molecule has 0 bridgehead atoms. The van der Waals surface area contributed by atoms with E-state index in [-0.39, 0.29) is 18.0 Å². The molecule has 7 nitrogen and oxygen atoms in total. The SMILES string of the molecule is CCOC(=O)c1cc(-c2ccccc2)sc1N=Cc1c(O)n(-c2ccc(OCC)cc2)c(=O)c2ccccc12. The maximum Gasteiger partial charge on any atom is 0.341 e. The maximum atomic E-state index is 13.4. The molecule has 0 spiro atoms. The van der Waals surface area contributed by atoms with Gasteiger partial charge in [0.1, 0.15) is 10.8 Å². The summed E-state index contributed by atoms with van der Waals surface area (Å²) in [5.74, 6) is -0.0737. The van der Waals surface area contributed by atoms with Crippen molar-refractivity contribution in [3.8, 4) is 27.8 Å². The fourth-order valence-corrected chi connectivity index (χ4v) is 5.28. The number of fused-ring (bicyclic) bond motifs is 1. The summed E-state index contributed by atoms with van der Waals surface area (Å²) in [5, 5.41) is 12.8. The van der Waals surface area contributed by atoms with Crippen LogP contribution in [0, 0.1) is 0 Å². The normalized spacial score (nSPS) is 11.2. The van der Waals surface area contributed by atoms with Gasteiger partial charge in [0, 0.05) is 21.9 Å². The molecule has 39 heavy (non-hydrogen) atoms. The Morgan fingerprint density at radius 1 is 0.949 bits per heavy atom. The van der Waals surface area contributed by atoms with E-state index in [1.54, 1.807) is 61.5 Å². The van der Waals surface area contributed by atoms with E-state index in [0.717, 1.165) is 10.4 Å². The number of aromatic hydroxyl groups is 1. The molecule has 8 heteroatoms. The van der Waals surface area contributed by atoms with Crippen LogP contribution in [-0.2, 0) is 4.74 Å². The molecule has 0 saturated carbocycles. The van der Waals surface area contributed by atoms with Crippen LogP contribution in [0.25, 0.3) is 26.9 Å². The predicted octanol–water partition coefficient (Wildman–Crippen LogP) is 6.75. The molecule has 0 aliphatic rings. The topological polar surface area (TPSA) is 90.1 Å². The number of thiophene rings is 1. The lowest BCUT2D eigenvalue weighted by molar-refractivity contribution is 0.0528. The van der Waals surface area contributed by atoms with Gasteiger partial charge in [-0.05, 0) is 55.8 Å². The number of carbonyl (C=O) groups excluding carboxylic acids is 1. The van der Waals surface area contributed by atoms with Gasteiger partial charge in [0.15, 0.2) is 0 Å². The third-order valence-electron chi connectivity index (χ3n) is 6.09. The molecular formula is C31H26N2O5S. The lowest BCUT2D eigenvalue weighted by Gasteiger charge is -2.14. The summed E-state index contributed by atoms with van der Waals surface area (Å²) in [6.07, 6.45) is 1.49. The Balaban J connectivity index is 1.65. The number of rotatable bonds is 8. The first-order valence-corrected chi connectivity index (χ1v) is 13.3. The molecule has 196 valence electrons. The molecule has 0 fully saturated rings. The van der Waals surface area contributed by atoms with E-state index >= 15 is 0 Å². The van der Waals surface area contributed by atoms with E-state index in [1.165, 1.54) is 22.1 Å². The van der Waals surface area contributed by atoms with E-state index in [9.17, 15) is 14.7 Å². The smallest absolute Gasteiger partial charge is 0.341 e. The standard InChI is InChI=1S/C31H26N2O5S/c1-3-37-22-16-14-21(15-17-22)33-29(34)24-13-9-8-12-23(24)26(30(33)35)19-32-28-25(31(36)38-4-2)18-27(39-28)20-10-6-5-7-11-20/h5-19,35H,3-4H2,1-2H3. The van der Waals surface area contributed by atoms with E-state index in [1.807, 2.05) is 37.3 Å². The highest BCUT2D eigenvalue weighted by molar-refractivity contribution is 7.19. The van der Waals surface area contributed by atoms with Crippen molar-refractivity contribution in [2.24, 2.45) is 4.99 Å². The number of carbonyl (C=O) groups is 1. The van der Waals surface area contributed by atoms with Crippen molar-refractivity contribution in [3.63, 3.8) is 0 Å². The minimum atomic E-state index is -0.475. The molecule has 5 aromatic rings. The Kier molecular flexibility index (Phi) is 7.56. The van der Waals surface area contributed by atoms with Crippen molar-refractivity contribution in [3.05, 3.63) is 106 Å². The van der Waals surface area contributed by atoms with Gasteiger partial charge in [0.25, 0.3) is 5.56 Å². The lowest BCUT2D eigenvalue weighted by atomic mass is 10.1. The lowest BCUT2D eigenvalue weighted by Crippen LogP contribution is -2.20. The van der Waals surface area contributed by atoms with Gasteiger partial charge in [-0.3, -0.25) is 4.79 Å². The average molecular weight is 539 g/mol. The van der Waals surface area contributed by atoms with Crippen LogP contribution < -0.4 is 10.3 Å². The molecule has 0 aliphatic heterocycles. The first-order chi connectivity index (χ1) is 19.0. The minimum absolute atomic E-state index is 0.233. The Morgan fingerprint density at radius 3 is 2.33 bits per heavy atom. The van der Waals surface area contributed by atoms with Gasteiger partial charge in [0.05, 0.1) is 30.0 Å². The number of benzene rings is 3. The predicted molar refractivity (Wildman–Crippen MR) is 155 cm³/mol. The third kappa shape index (κ3) is 5.19. The fourth-order valence-electron chi connectivity index (χ4n) is 4.29. The van der Waals surface area contributed by atoms with Crippen LogP contribution in [0.3, 0.4) is 0 Å². The number of hydrogen-bond donors (Lipinski definition) is 1. The molecule has 0 atom stereocenters. The van der Waals surface area contributed by atoms with Crippen LogP contribution in [0.2, 0.25) is 0 Å². The summed E-state index contributed by atoms with van der Waals surface area (Å²) in [6.45, 7) is 4.39. The number of esters is 1. The molecule has 0 saturated heterocycles. The quantitative estimate of drug-likeness (QED) is 0.174. The number of pyridine rings is 1. The second-order valence-corrected chi connectivity index (χ2v) is 9.56. The number of hydrogen-bond acceptors (Lipinski definition) is 7. The van der Waals surface area contributed by atoms with E-state index in [0.29, 0.717) is 44.9 Å². The molecule has 0 aliphatic carbocycles. The van der Waals surface area contributed by atoms with E-state index < -0.39 is 5.97 Å². The Hall–Kier alpha value is -4.69. The Labute approximate surface area is 229 Å². The highest BCUT2D eigenvalue weighted by Gasteiger charge is 2.20. The van der Waals surface area contributed by atoms with Crippen molar-refractivity contribution >= 4 is 39.3 Å². The first-order valence-electron chi connectivity index (χ1n) is 12.5. The van der Waals surface area contributed by atoms with Crippen molar-refractivity contribution in [2.75, 3.05) is 13.2 Å². The maximum absolute atomic E-state index is 13.4. The third-order valence-corrected chi connectivity index (χ3v) is 7.18. The number of nitrogens with zero attached hydrogens (tertiary/aromatic N) is 2. The van der Waals surface area contributed by atoms with Gasteiger partial charge in [-0.25, -0.2) is 14.4 Å². The first kappa shape index (κ1) is 25.9. The molecular weight excluding hydrogens is 512 g/mol. The van der Waals surface area contributed by atoms with Crippen LogP contribution in [-0.4, -0.2) is 35.1 Å². The van der Waals surface area contributed by atoms with Gasteiger partial charge in [0.2, 0.25) is 5.88 Å². The van der Waals surface area contributed by atoms with Crippen LogP contribution >= 0.6 is 11.3 Å². The molecule has 0 radical (unpaired) electrons. The van der Waals surface area contributed by atoms with Crippen molar-refractivity contribution in [2.45, 2.75) is 13.8 Å². The second kappa shape index (κ2) is 11.4. The molecule has 2 aromatic heterocycles. The van der Waals surface area contributed by atoms with Crippen molar-refractivity contribution < 1.29 is 19.4 Å². The molecule has 5 rings (SSSR count). The zero-order valence-corrected chi connectivity index (χ0v) is 22.3. The summed E-state index contributed by atoms with van der Waals surface area (Å²) in [7, 11) is 0. The molecule has 3 aromatic carbocycles. The fraction of sp³-hybridized carbons (Fsp3) is 0.129. The minimum Gasteiger partial charge on any atom is -0.494 e. The van der Waals surface area contributed by atoms with E-state index in [2.05, 4.69) is 4.99 Å². The molecule has 0 amide bonds. The van der Waals surface area contributed by atoms with Crippen molar-refractivity contribution in [1.82, 2.24) is 4.57 Å². The van der Waals surface area contributed by atoms with Crippen molar-refractivity contribution in [1.29, 1.82) is 0 Å². The molecule has 0 unspecified atom stereocenters. The van der Waals surface area contributed by atoms with Gasteiger partial charge in [-0.15, -0.1) is 11.3 Å².